The van der Waals surface area contributed by atoms with Gasteiger partial charge in [0.1, 0.15) is 11.9 Å². The molecule has 178 valence electrons. The van der Waals surface area contributed by atoms with Crippen LogP contribution in [0.4, 0.5) is 18.9 Å². The van der Waals surface area contributed by atoms with E-state index in [-0.39, 0.29) is 24.6 Å². The highest BCUT2D eigenvalue weighted by Crippen LogP contribution is 2.42. The predicted octanol–water partition coefficient (Wildman–Crippen LogP) is 6.04. The Morgan fingerprint density at radius 1 is 1.09 bits per heavy atom. The Bertz CT molecular complexity index is 987. The molecule has 2 aromatic rings. The first-order valence-corrected chi connectivity index (χ1v) is 11.5. The van der Waals surface area contributed by atoms with Crippen LogP contribution in [0.15, 0.2) is 48.5 Å². The summed E-state index contributed by atoms with van der Waals surface area (Å²) in [4.78, 5) is 30.2. The van der Waals surface area contributed by atoms with Crippen molar-refractivity contribution in [1.29, 1.82) is 0 Å². The zero-order valence-corrected chi connectivity index (χ0v) is 19.4. The molecule has 2 aromatic carbocycles. The van der Waals surface area contributed by atoms with E-state index in [0.717, 1.165) is 12.0 Å². The molecule has 33 heavy (non-hydrogen) atoms. The number of amides is 2. The average molecular weight is 461 g/mol. The second-order valence-electron chi connectivity index (χ2n) is 8.65. The molecule has 7 heteroatoms. The summed E-state index contributed by atoms with van der Waals surface area (Å²) in [5.41, 5.74) is 1.66. The Hall–Kier alpha value is -2.83. The van der Waals surface area contributed by atoms with Gasteiger partial charge in [-0.3, -0.25) is 14.5 Å². The highest BCUT2D eigenvalue weighted by molar-refractivity contribution is 6.01. The van der Waals surface area contributed by atoms with Crippen molar-refractivity contribution < 1.29 is 22.8 Å². The number of rotatable bonds is 9. The van der Waals surface area contributed by atoms with E-state index in [1.54, 1.807) is 25.1 Å². The fourth-order valence-corrected chi connectivity index (χ4v) is 4.39. The minimum atomic E-state index is -2.78. The molecule has 2 amide bonds. The first-order chi connectivity index (χ1) is 15.7. The number of alkyl halides is 2. The van der Waals surface area contributed by atoms with Crippen LogP contribution in [0, 0.1) is 12.7 Å². The van der Waals surface area contributed by atoms with E-state index in [1.807, 2.05) is 26.0 Å². The third-order valence-electron chi connectivity index (χ3n) is 6.21. The lowest BCUT2D eigenvalue weighted by Crippen LogP contribution is -2.56. The van der Waals surface area contributed by atoms with Gasteiger partial charge in [-0.15, -0.1) is 0 Å². The van der Waals surface area contributed by atoms with Crippen molar-refractivity contribution in [3.8, 4) is 0 Å². The summed E-state index contributed by atoms with van der Waals surface area (Å²) in [6.07, 6.45) is 0.805. The van der Waals surface area contributed by atoms with Crippen LogP contribution in [0.25, 0.3) is 0 Å². The molecule has 1 unspecified atom stereocenters. The molecule has 0 bridgehead atoms. The number of anilines is 1. The molecule has 0 spiro atoms. The Balaban J connectivity index is 2.11. The summed E-state index contributed by atoms with van der Waals surface area (Å²) in [7, 11) is 0. The molecule has 1 saturated carbocycles. The normalized spacial score (nSPS) is 16.1. The van der Waals surface area contributed by atoms with Crippen LogP contribution >= 0.6 is 0 Å². The maximum absolute atomic E-state index is 14.2. The standard InChI is InChI=1S/C26H31F3N2O2/c1-4-6-14-23(32)31(20-12-9-11-19(27)15-20)24(22-13-8-7-10-18(22)3)25(33)30(5-2)21-16-26(28,29)17-21/h7-13,15,21,24H,4-6,14,16-17H2,1-3H3. The van der Waals surface area contributed by atoms with Gasteiger partial charge in [-0.05, 0) is 49.6 Å². The zero-order chi connectivity index (χ0) is 24.2. The number of nitrogens with zero attached hydrogens (tertiary/aromatic N) is 2. The van der Waals surface area contributed by atoms with Gasteiger partial charge in [0.2, 0.25) is 5.91 Å². The highest BCUT2D eigenvalue weighted by Gasteiger charge is 2.50. The molecule has 1 aliphatic carbocycles. The molecule has 0 saturated heterocycles. The zero-order valence-electron chi connectivity index (χ0n) is 19.4. The van der Waals surface area contributed by atoms with Gasteiger partial charge >= 0.3 is 0 Å². The molecule has 0 radical (unpaired) electrons. The molecule has 1 atom stereocenters. The van der Waals surface area contributed by atoms with E-state index in [0.29, 0.717) is 12.0 Å². The summed E-state index contributed by atoms with van der Waals surface area (Å²) in [6.45, 7) is 5.78. The number of benzene rings is 2. The van der Waals surface area contributed by atoms with Gasteiger partial charge in [0.15, 0.2) is 0 Å². The van der Waals surface area contributed by atoms with Gasteiger partial charge < -0.3 is 4.90 Å². The molecule has 1 fully saturated rings. The Labute approximate surface area is 193 Å². The molecule has 4 nitrogen and oxygen atoms in total. The number of unbranched alkanes of at least 4 members (excludes halogenated alkanes) is 1. The Morgan fingerprint density at radius 3 is 2.36 bits per heavy atom. The smallest absolute Gasteiger partial charge is 0.252 e. The summed E-state index contributed by atoms with van der Waals surface area (Å²) in [6, 6.07) is 11.1. The third-order valence-corrected chi connectivity index (χ3v) is 6.21. The van der Waals surface area contributed by atoms with Crippen molar-refractivity contribution in [1.82, 2.24) is 4.90 Å². The lowest BCUT2D eigenvalue weighted by Gasteiger charge is -2.44. The number of carbonyl (C=O) groups is 2. The highest BCUT2D eigenvalue weighted by atomic mass is 19.3. The van der Waals surface area contributed by atoms with Crippen LogP contribution in [0.1, 0.15) is 63.1 Å². The monoisotopic (exact) mass is 460 g/mol. The molecule has 0 aromatic heterocycles. The fraction of sp³-hybridized carbons (Fsp3) is 0.462. The van der Waals surface area contributed by atoms with Crippen molar-refractivity contribution in [3.05, 3.63) is 65.5 Å². The Morgan fingerprint density at radius 2 is 1.79 bits per heavy atom. The van der Waals surface area contributed by atoms with E-state index in [2.05, 4.69) is 0 Å². The molecular formula is C26H31F3N2O2. The van der Waals surface area contributed by atoms with Gasteiger partial charge in [-0.2, -0.15) is 0 Å². The topological polar surface area (TPSA) is 40.6 Å². The molecule has 0 N–H and O–H groups in total. The number of halogens is 3. The summed E-state index contributed by atoms with van der Waals surface area (Å²) in [5.74, 6) is -4.04. The predicted molar refractivity (Wildman–Crippen MR) is 123 cm³/mol. The van der Waals surface area contributed by atoms with E-state index < -0.39 is 42.6 Å². The molecule has 0 heterocycles. The fourth-order valence-electron chi connectivity index (χ4n) is 4.39. The number of aryl methyl sites for hydroxylation is 1. The minimum absolute atomic E-state index is 0.191. The summed E-state index contributed by atoms with van der Waals surface area (Å²) >= 11 is 0. The van der Waals surface area contributed by atoms with Crippen LogP contribution in [0.5, 0.6) is 0 Å². The largest absolute Gasteiger partial charge is 0.337 e. The van der Waals surface area contributed by atoms with Gasteiger partial charge in [0.05, 0.1) is 0 Å². The van der Waals surface area contributed by atoms with Crippen LogP contribution in [-0.2, 0) is 9.59 Å². The third kappa shape index (κ3) is 5.57. The second kappa shape index (κ2) is 10.4. The second-order valence-corrected chi connectivity index (χ2v) is 8.65. The lowest BCUT2D eigenvalue weighted by molar-refractivity contribution is -0.154. The van der Waals surface area contributed by atoms with Gasteiger partial charge in [0, 0.05) is 37.5 Å². The molecule has 0 aliphatic heterocycles. The van der Waals surface area contributed by atoms with Gasteiger partial charge in [-0.1, -0.05) is 43.7 Å². The molecule has 3 rings (SSSR count). The lowest BCUT2D eigenvalue weighted by atomic mass is 9.85. The van der Waals surface area contributed by atoms with Crippen LogP contribution in [0.3, 0.4) is 0 Å². The van der Waals surface area contributed by atoms with Crippen molar-refractivity contribution >= 4 is 17.5 Å². The number of hydrogen-bond acceptors (Lipinski definition) is 2. The van der Waals surface area contributed by atoms with Gasteiger partial charge in [0.25, 0.3) is 11.8 Å². The molecular weight excluding hydrogens is 429 g/mol. The van der Waals surface area contributed by atoms with Crippen LogP contribution in [-0.4, -0.2) is 35.2 Å². The van der Waals surface area contributed by atoms with Gasteiger partial charge in [-0.25, -0.2) is 13.2 Å². The Kier molecular flexibility index (Phi) is 7.82. The van der Waals surface area contributed by atoms with Crippen LogP contribution in [0.2, 0.25) is 0 Å². The first kappa shape index (κ1) is 24.8. The van der Waals surface area contributed by atoms with Crippen molar-refractivity contribution in [2.24, 2.45) is 0 Å². The first-order valence-electron chi connectivity index (χ1n) is 11.5. The minimum Gasteiger partial charge on any atom is -0.337 e. The van der Waals surface area contributed by atoms with Crippen molar-refractivity contribution in [2.45, 2.75) is 70.9 Å². The average Bonchev–Trinajstić information content (AvgIpc) is 2.75. The van der Waals surface area contributed by atoms with E-state index >= 15 is 0 Å². The maximum atomic E-state index is 14.2. The van der Waals surface area contributed by atoms with E-state index in [4.69, 9.17) is 0 Å². The van der Waals surface area contributed by atoms with E-state index in [9.17, 15) is 22.8 Å². The SMILES string of the molecule is CCCCC(=O)N(c1cccc(F)c1)C(C(=O)N(CC)C1CC(F)(F)C1)c1ccccc1C. The maximum Gasteiger partial charge on any atom is 0.252 e. The van der Waals surface area contributed by atoms with Crippen LogP contribution < -0.4 is 4.90 Å². The quantitative estimate of drug-likeness (QED) is 0.457. The number of likely N-dealkylation sites (N-methyl/N-ethyl adjacent to an activating group) is 1. The summed E-state index contributed by atoms with van der Waals surface area (Å²) < 4.78 is 41.4. The number of hydrogen-bond donors (Lipinski definition) is 0. The van der Waals surface area contributed by atoms with Crippen molar-refractivity contribution in [2.75, 3.05) is 11.4 Å². The molecule has 1 aliphatic rings. The van der Waals surface area contributed by atoms with E-state index in [1.165, 1.54) is 28.0 Å². The number of carbonyl (C=O) groups excluding carboxylic acids is 2. The summed E-state index contributed by atoms with van der Waals surface area (Å²) in [5, 5.41) is 0. The van der Waals surface area contributed by atoms with Crippen molar-refractivity contribution in [3.63, 3.8) is 0 Å².